The Morgan fingerprint density at radius 1 is 0.307 bits per heavy atom. The van der Waals surface area contributed by atoms with Crippen LogP contribution in [0.15, 0.2) is 109 Å². The summed E-state index contributed by atoms with van der Waals surface area (Å²) in [6.07, 6.45) is 120. The molecule has 0 fully saturated rings. The summed E-state index contributed by atoms with van der Waals surface area (Å²) in [5, 5.41) is 0. The van der Waals surface area contributed by atoms with Gasteiger partial charge in [-0.25, -0.2) is 4.57 Å². The smallest absolute Gasteiger partial charge is 0.462 e. The fourth-order valence-corrected chi connectivity index (χ4v) is 13.5. The van der Waals surface area contributed by atoms with Gasteiger partial charge in [0.1, 0.15) is 6.61 Å². The van der Waals surface area contributed by atoms with E-state index in [1.807, 2.05) is 0 Å². The lowest BCUT2D eigenvalue weighted by Gasteiger charge is -2.19. The molecule has 0 aromatic rings. The van der Waals surface area contributed by atoms with Crippen LogP contribution in [0.3, 0.4) is 0 Å². The average Bonchev–Trinajstić information content (AvgIpc) is 1.01. The molecular formula is C91H164NO8P. The van der Waals surface area contributed by atoms with Gasteiger partial charge in [-0.2, -0.15) is 0 Å². The molecule has 0 bridgehead atoms. The van der Waals surface area contributed by atoms with Crippen LogP contribution in [0.4, 0.5) is 0 Å². The predicted octanol–water partition coefficient (Wildman–Crippen LogP) is 29.5. The third-order valence-corrected chi connectivity index (χ3v) is 20.1. The molecule has 0 saturated carbocycles. The molecule has 2 unspecified atom stereocenters. The lowest BCUT2D eigenvalue weighted by atomic mass is 10.0. The van der Waals surface area contributed by atoms with Crippen LogP contribution < -0.4 is 5.73 Å². The maximum atomic E-state index is 12.8. The lowest BCUT2D eigenvalue weighted by molar-refractivity contribution is -0.161. The van der Waals surface area contributed by atoms with Crippen molar-refractivity contribution in [2.45, 2.75) is 431 Å². The first-order valence-corrected chi connectivity index (χ1v) is 44.9. The van der Waals surface area contributed by atoms with E-state index in [0.717, 1.165) is 89.9 Å². The van der Waals surface area contributed by atoms with Crippen LogP contribution in [0, 0.1) is 0 Å². The largest absolute Gasteiger partial charge is 0.472 e. The number of esters is 2. The molecule has 9 nitrogen and oxygen atoms in total. The van der Waals surface area contributed by atoms with Gasteiger partial charge in [0.25, 0.3) is 0 Å². The van der Waals surface area contributed by atoms with Crippen molar-refractivity contribution in [1.29, 1.82) is 0 Å². The van der Waals surface area contributed by atoms with E-state index in [1.54, 1.807) is 0 Å². The number of phosphoric ester groups is 1. The Hall–Kier alpha value is -3.33. The standard InChI is InChI=1S/C91H164NO8P/c1-3-5-7-9-11-13-15-17-19-21-23-25-27-29-31-33-35-37-39-41-43-44-46-47-49-51-53-55-57-59-61-63-65-67-69-71-73-75-77-79-81-83-90(93)97-87-89(88-99-101(95,96)98-86-85-92)100-91(94)84-82-80-78-76-74-72-70-68-66-64-62-60-58-56-54-52-50-48-45-42-40-38-36-34-32-30-28-26-24-22-20-18-16-14-12-10-8-6-4-2/h6,8,12,14-15,17-18,20-21,23-24,26,30,32,36,38,42,45,89H,3-5,7,9-11,13,16,19,22,25,27-29,31,33-35,37,39-41,43-44,46-88,92H2,1-2H3,(H,95,96)/b8-6-,14-12-,17-15-,20-18-,23-21-,26-24-,32-30-,38-36-,45-42-. The molecule has 0 rings (SSSR count). The molecular weight excluding hydrogens is 1270 g/mol. The molecule has 0 aromatic carbocycles. The molecule has 0 aliphatic carbocycles. The van der Waals surface area contributed by atoms with Gasteiger partial charge in [-0.05, 0) is 103 Å². The minimum absolute atomic E-state index is 0.0530. The van der Waals surface area contributed by atoms with E-state index in [9.17, 15) is 19.0 Å². The molecule has 0 saturated heterocycles. The summed E-state index contributed by atoms with van der Waals surface area (Å²) in [7, 11) is -4.40. The summed E-state index contributed by atoms with van der Waals surface area (Å²) in [4.78, 5) is 35.5. The monoisotopic (exact) mass is 1430 g/mol. The SMILES string of the molecule is CC/C=C\C/C=C\C/C=C\C/C=C\C/C=C\C/C=C\C/C=C\CCCCCCCCCCCCCCCCCCCC(=O)OC(COC(=O)CCCCCCCCCCCCCCCCCCCCCCCCCCCCCCC/C=C\C/C=C\CCCCCCC)COP(=O)(O)OCCN. The van der Waals surface area contributed by atoms with E-state index in [2.05, 4.69) is 123 Å². The van der Waals surface area contributed by atoms with Gasteiger partial charge in [-0.15, -0.1) is 0 Å². The molecule has 3 N–H and O–H groups in total. The van der Waals surface area contributed by atoms with Crippen molar-refractivity contribution >= 4 is 19.8 Å². The van der Waals surface area contributed by atoms with E-state index >= 15 is 0 Å². The van der Waals surface area contributed by atoms with Gasteiger partial charge in [0.2, 0.25) is 0 Å². The summed E-state index contributed by atoms with van der Waals surface area (Å²) >= 11 is 0. The van der Waals surface area contributed by atoms with E-state index in [1.165, 1.54) is 302 Å². The zero-order chi connectivity index (χ0) is 72.9. The molecule has 0 aromatic heterocycles. The third kappa shape index (κ3) is 85.5. The predicted molar refractivity (Wildman–Crippen MR) is 441 cm³/mol. The molecule has 0 aliphatic heterocycles. The first-order chi connectivity index (χ1) is 49.8. The summed E-state index contributed by atoms with van der Waals surface area (Å²) in [6.45, 7) is 3.68. The number of carbonyl (C=O) groups excluding carboxylic acids is 2. The number of ether oxygens (including phenoxy) is 2. The highest BCUT2D eigenvalue weighted by molar-refractivity contribution is 7.47. The number of unbranched alkanes of at least 4 members (excludes halogenated alkanes) is 51. The lowest BCUT2D eigenvalue weighted by Crippen LogP contribution is -2.29. The van der Waals surface area contributed by atoms with Gasteiger partial charge in [0, 0.05) is 19.4 Å². The fraction of sp³-hybridized carbons (Fsp3) is 0.780. The number of hydrogen-bond acceptors (Lipinski definition) is 8. The quantitative estimate of drug-likeness (QED) is 0.0264. The molecule has 2 atom stereocenters. The zero-order valence-corrected chi connectivity index (χ0v) is 67.3. The molecule has 586 valence electrons. The van der Waals surface area contributed by atoms with E-state index < -0.39 is 26.5 Å². The average molecular weight is 1430 g/mol. The van der Waals surface area contributed by atoms with Crippen molar-refractivity contribution in [3.8, 4) is 0 Å². The Morgan fingerprint density at radius 2 is 0.545 bits per heavy atom. The second-order valence-electron chi connectivity index (χ2n) is 29.0. The normalized spacial score (nSPS) is 13.3. The number of carbonyl (C=O) groups is 2. The number of hydrogen-bond donors (Lipinski definition) is 2. The van der Waals surface area contributed by atoms with Crippen LogP contribution in [0.25, 0.3) is 0 Å². The van der Waals surface area contributed by atoms with Gasteiger partial charge in [-0.1, -0.05) is 419 Å². The Kier molecular flexibility index (Phi) is 82.8. The molecule has 101 heavy (non-hydrogen) atoms. The van der Waals surface area contributed by atoms with Crippen LogP contribution in [0.5, 0.6) is 0 Å². The first kappa shape index (κ1) is 97.7. The highest BCUT2D eigenvalue weighted by Gasteiger charge is 2.26. The van der Waals surface area contributed by atoms with Crippen molar-refractivity contribution in [3.63, 3.8) is 0 Å². The van der Waals surface area contributed by atoms with Crippen LogP contribution >= 0.6 is 7.82 Å². The number of nitrogens with two attached hydrogens (primary N) is 1. The van der Waals surface area contributed by atoms with Crippen molar-refractivity contribution in [2.24, 2.45) is 5.73 Å². The summed E-state index contributed by atoms with van der Waals surface area (Å²) in [6, 6.07) is 0. The van der Waals surface area contributed by atoms with Crippen LogP contribution in [0.2, 0.25) is 0 Å². The number of phosphoric acid groups is 1. The van der Waals surface area contributed by atoms with Gasteiger partial charge in [-0.3, -0.25) is 18.6 Å². The highest BCUT2D eigenvalue weighted by atomic mass is 31.2. The Labute approximate surface area is 626 Å². The van der Waals surface area contributed by atoms with Gasteiger partial charge in [0.05, 0.1) is 13.2 Å². The van der Waals surface area contributed by atoms with Crippen LogP contribution in [0.1, 0.15) is 425 Å². The second-order valence-corrected chi connectivity index (χ2v) is 30.5. The van der Waals surface area contributed by atoms with Crippen LogP contribution in [-0.4, -0.2) is 49.3 Å². The summed E-state index contributed by atoms with van der Waals surface area (Å²) in [5.74, 6) is -0.809. The molecule has 0 heterocycles. The Balaban J connectivity index is 3.75. The van der Waals surface area contributed by atoms with Crippen molar-refractivity contribution in [3.05, 3.63) is 109 Å². The molecule has 0 amide bonds. The van der Waals surface area contributed by atoms with Crippen molar-refractivity contribution in [2.75, 3.05) is 26.4 Å². The highest BCUT2D eigenvalue weighted by Crippen LogP contribution is 2.43. The van der Waals surface area contributed by atoms with Crippen molar-refractivity contribution in [1.82, 2.24) is 0 Å². The molecule has 0 radical (unpaired) electrons. The Morgan fingerprint density at radius 3 is 0.812 bits per heavy atom. The maximum Gasteiger partial charge on any atom is 0.472 e. The van der Waals surface area contributed by atoms with E-state index in [-0.39, 0.29) is 38.6 Å². The summed E-state index contributed by atoms with van der Waals surface area (Å²) < 4.78 is 33.3. The first-order valence-electron chi connectivity index (χ1n) is 43.4. The topological polar surface area (TPSA) is 134 Å². The molecule has 10 heteroatoms. The number of allylic oxidation sites excluding steroid dienone is 18. The Bertz CT molecular complexity index is 2040. The van der Waals surface area contributed by atoms with Gasteiger partial charge in [0.15, 0.2) is 6.10 Å². The molecule has 0 aliphatic rings. The minimum Gasteiger partial charge on any atom is -0.462 e. The second kappa shape index (κ2) is 85.6. The van der Waals surface area contributed by atoms with Gasteiger partial charge >= 0.3 is 19.8 Å². The van der Waals surface area contributed by atoms with Crippen LogP contribution in [-0.2, 0) is 32.7 Å². The molecule has 0 spiro atoms. The van der Waals surface area contributed by atoms with Gasteiger partial charge < -0.3 is 20.1 Å². The summed E-state index contributed by atoms with van der Waals surface area (Å²) in [5.41, 5.74) is 5.42. The minimum atomic E-state index is -4.40. The number of rotatable bonds is 82. The third-order valence-electron chi connectivity index (χ3n) is 19.1. The maximum absolute atomic E-state index is 12.8. The fourth-order valence-electron chi connectivity index (χ4n) is 12.8. The van der Waals surface area contributed by atoms with E-state index in [0.29, 0.717) is 6.42 Å². The van der Waals surface area contributed by atoms with E-state index in [4.69, 9.17) is 24.3 Å². The van der Waals surface area contributed by atoms with Crippen molar-refractivity contribution < 1.29 is 37.6 Å². The zero-order valence-electron chi connectivity index (χ0n) is 66.4.